The molecule has 1 fully saturated rings. The van der Waals surface area contributed by atoms with Crippen LogP contribution < -0.4 is 5.32 Å². The summed E-state index contributed by atoms with van der Waals surface area (Å²) in [4.78, 5) is 2.75. The highest BCUT2D eigenvalue weighted by molar-refractivity contribution is 5.53. The topological polar surface area (TPSA) is 15.3 Å². The van der Waals surface area contributed by atoms with E-state index in [2.05, 4.69) is 41.4 Å². The predicted molar refractivity (Wildman–Crippen MR) is 77.1 cm³/mol. The molecule has 0 bridgehead atoms. The summed E-state index contributed by atoms with van der Waals surface area (Å²) in [5.41, 5.74) is 2.83. The average molecular weight is 244 g/mol. The molecule has 0 spiro atoms. The molecule has 1 aliphatic heterocycles. The summed E-state index contributed by atoms with van der Waals surface area (Å²) in [6, 6.07) is 10.3. The van der Waals surface area contributed by atoms with E-state index in [1.807, 2.05) is 0 Å². The summed E-state index contributed by atoms with van der Waals surface area (Å²) in [5, 5.41) is 3.61. The Hall–Kier alpha value is -1.02. The van der Waals surface area contributed by atoms with Gasteiger partial charge in [0.2, 0.25) is 0 Å². The van der Waals surface area contributed by atoms with Crippen molar-refractivity contribution in [2.24, 2.45) is 0 Å². The first-order valence-electron chi connectivity index (χ1n) is 7.46. The third-order valence-electron chi connectivity index (χ3n) is 4.63. The molecule has 1 aliphatic carbocycles. The number of likely N-dealkylation sites (N-methyl/N-ethyl adjacent to an activating group) is 1. The molecular formula is C16H24N2. The highest BCUT2D eigenvalue weighted by atomic mass is 15.2. The Labute approximate surface area is 110 Å². The van der Waals surface area contributed by atoms with E-state index >= 15 is 0 Å². The molecule has 2 nitrogen and oxygen atoms in total. The standard InChI is InChI=1S/C16H24N2/c1-2-18(14-8-4-5-9-14)15-11-13-7-3-6-10-16(13)17-12-15/h3,6-7,10,14-15,17H,2,4-5,8-9,11-12H2,1H3. The molecule has 2 aliphatic rings. The van der Waals surface area contributed by atoms with Gasteiger partial charge in [-0.05, 0) is 37.4 Å². The van der Waals surface area contributed by atoms with Gasteiger partial charge in [-0.2, -0.15) is 0 Å². The zero-order valence-corrected chi connectivity index (χ0v) is 11.4. The lowest BCUT2D eigenvalue weighted by molar-refractivity contribution is 0.147. The first kappa shape index (κ1) is 12.0. The van der Waals surface area contributed by atoms with E-state index in [4.69, 9.17) is 0 Å². The Morgan fingerprint density at radius 1 is 1.17 bits per heavy atom. The Bertz CT molecular complexity index is 396. The molecule has 1 saturated carbocycles. The van der Waals surface area contributed by atoms with Crippen LogP contribution in [0, 0.1) is 0 Å². The Morgan fingerprint density at radius 2 is 1.94 bits per heavy atom. The molecule has 98 valence electrons. The summed E-state index contributed by atoms with van der Waals surface area (Å²) < 4.78 is 0. The van der Waals surface area contributed by atoms with Crippen LogP contribution in [-0.4, -0.2) is 30.1 Å². The minimum absolute atomic E-state index is 0.688. The van der Waals surface area contributed by atoms with Gasteiger partial charge in [0.15, 0.2) is 0 Å². The molecule has 1 N–H and O–H groups in total. The van der Waals surface area contributed by atoms with Crippen LogP contribution >= 0.6 is 0 Å². The average Bonchev–Trinajstić information content (AvgIpc) is 2.93. The van der Waals surface area contributed by atoms with Gasteiger partial charge < -0.3 is 5.32 Å². The SMILES string of the molecule is CCN(C1CCCC1)C1CNc2ccccc2C1. The summed E-state index contributed by atoms with van der Waals surface area (Å²) in [5.74, 6) is 0. The normalized spacial score (nSPS) is 24.0. The second-order valence-electron chi connectivity index (χ2n) is 5.66. The van der Waals surface area contributed by atoms with Crippen LogP contribution in [0.1, 0.15) is 38.2 Å². The van der Waals surface area contributed by atoms with Gasteiger partial charge in [-0.15, -0.1) is 0 Å². The Morgan fingerprint density at radius 3 is 2.72 bits per heavy atom. The van der Waals surface area contributed by atoms with Crippen LogP contribution in [-0.2, 0) is 6.42 Å². The summed E-state index contributed by atoms with van der Waals surface area (Å²) in [6.45, 7) is 4.62. The van der Waals surface area contributed by atoms with Crippen LogP contribution in [0.5, 0.6) is 0 Å². The van der Waals surface area contributed by atoms with Gasteiger partial charge in [0.1, 0.15) is 0 Å². The van der Waals surface area contributed by atoms with E-state index in [0.29, 0.717) is 6.04 Å². The molecule has 0 aromatic heterocycles. The summed E-state index contributed by atoms with van der Waals surface area (Å²) in [7, 11) is 0. The van der Waals surface area contributed by atoms with Gasteiger partial charge in [-0.1, -0.05) is 38.0 Å². The number of para-hydroxylation sites is 1. The van der Waals surface area contributed by atoms with Crippen molar-refractivity contribution < 1.29 is 0 Å². The zero-order chi connectivity index (χ0) is 12.4. The predicted octanol–water partition coefficient (Wildman–Crippen LogP) is 3.29. The lowest BCUT2D eigenvalue weighted by Crippen LogP contribution is -2.48. The minimum atomic E-state index is 0.688. The molecule has 1 aromatic rings. The maximum atomic E-state index is 3.61. The van der Waals surface area contributed by atoms with Crippen molar-refractivity contribution in [2.45, 2.75) is 51.1 Å². The quantitative estimate of drug-likeness (QED) is 0.877. The van der Waals surface area contributed by atoms with Crippen molar-refractivity contribution in [2.75, 3.05) is 18.4 Å². The molecule has 0 amide bonds. The van der Waals surface area contributed by atoms with Crippen LogP contribution in [0.3, 0.4) is 0 Å². The van der Waals surface area contributed by atoms with Crippen molar-refractivity contribution in [3.05, 3.63) is 29.8 Å². The van der Waals surface area contributed by atoms with Gasteiger partial charge in [0.25, 0.3) is 0 Å². The van der Waals surface area contributed by atoms with E-state index in [-0.39, 0.29) is 0 Å². The van der Waals surface area contributed by atoms with Crippen LogP contribution in [0.4, 0.5) is 5.69 Å². The fraction of sp³-hybridized carbons (Fsp3) is 0.625. The van der Waals surface area contributed by atoms with Crippen molar-refractivity contribution in [3.8, 4) is 0 Å². The molecule has 1 heterocycles. The largest absolute Gasteiger partial charge is 0.383 e. The lowest BCUT2D eigenvalue weighted by Gasteiger charge is -2.39. The molecule has 0 radical (unpaired) electrons. The number of hydrogen-bond donors (Lipinski definition) is 1. The van der Waals surface area contributed by atoms with Crippen LogP contribution in [0.2, 0.25) is 0 Å². The number of benzene rings is 1. The van der Waals surface area contributed by atoms with Gasteiger partial charge in [-0.25, -0.2) is 0 Å². The second-order valence-corrected chi connectivity index (χ2v) is 5.66. The van der Waals surface area contributed by atoms with Gasteiger partial charge >= 0.3 is 0 Å². The van der Waals surface area contributed by atoms with Crippen molar-refractivity contribution in [3.63, 3.8) is 0 Å². The van der Waals surface area contributed by atoms with Crippen molar-refractivity contribution in [1.29, 1.82) is 0 Å². The van der Waals surface area contributed by atoms with Gasteiger partial charge in [0, 0.05) is 24.3 Å². The molecule has 3 rings (SSSR count). The van der Waals surface area contributed by atoms with Gasteiger partial charge in [0.05, 0.1) is 0 Å². The number of hydrogen-bond acceptors (Lipinski definition) is 2. The third kappa shape index (κ3) is 2.26. The molecular weight excluding hydrogens is 220 g/mol. The number of anilines is 1. The molecule has 1 atom stereocenters. The Balaban J connectivity index is 1.73. The minimum Gasteiger partial charge on any atom is -0.383 e. The maximum Gasteiger partial charge on any atom is 0.0373 e. The molecule has 0 saturated heterocycles. The first-order valence-corrected chi connectivity index (χ1v) is 7.46. The zero-order valence-electron chi connectivity index (χ0n) is 11.4. The third-order valence-corrected chi connectivity index (χ3v) is 4.63. The molecule has 18 heavy (non-hydrogen) atoms. The number of nitrogens with one attached hydrogen (secondary N) is 1. The Kier molecular flexibility index (Phi) is 3.55. The van der Waals surface area contributed by atoms with E-state index < -0.39 is 0 Å². The number of nitrogens with zero attached hydrogens (tertiary/aromatic N) is 1. The highest BCUT2D eigenvalue weighted by Gasteiger charge is 2.29. The monoisotopic (exact) mass is 244 g/mol. The summed E-state index contributed by atoms with van der Waals surface area (Å²) >= 11 is 0. The number of fused-ring (bicyclic) bond motifs is 1. The molecule has 1 unspecified atom stereocenters. The van der Waals surface area contributed by atoms with E-state index in [0.717, 1.165) is 12.6 Å². The molecule has 2 heteroatoms. The fourth-order valence-corrected chi connectivity index (χ4v) is 3.71. The van der Waals surface area contributed by atoms with Crippen LogP contribution in [0.15, 0.2) is 24.3 Å². The lowest BCUT2D eigenvalue weighted by atomic mass is 9.97. The highest BCUT2D eigenvalue weighted by Crippen LogP contribution is 2.29. The van der Waals surface area contributed by atoms with Crippen molar-refractivity contribution >= 4 is 5.69 Å². The first-order chi connectivity index (χ1) is 8.88. The molecule has 1 aromatic carbocycles. The van der Waals surface area contributed by atoms with E-state index in [9.17, 15) is 0 Å². The number of rotatable bonds is 3. The van der Waals surface area contributed by atoms with Crippen molar-refractivity contribution in [1.82, 2.24) is 4.90 Å². The van der Waals surface area contributed by atoms with Crippen LogP contribution in [0.25, 0.3) is 0 Å². The second kappa shape index (κ2) is 5.31. The van der Waals surface area contributed by atoms with E-state index in [1.165, 1.54) is 49.9 Å². The van der Waals surface area contributed by atoms with Gasteiger partial charge in [-0.3, -0.25) is 4.90 Å². The summed E-state index contributed by atoms with van der Waals surface area (Å²) in [6.07, 6.45) is 6.89. The maximum absolute atomic E-state index is 3.61. The smallest absolute Gasteiger partial charge is 0.0373 e. The fourth-order valence-electron chi connectivity index (χ4n) is 3.71. The van der Waals surface area contributed by atoms with E-state index in [1.54, 1.807) is 0 Å².